The molecule has 122 valence electrons. The van der Waals surface area contributed by atoms with E-state index in [4.69, 9.17) is 0 Å². The van der Waals surface area contributed by atoms with Gasteiger partial charge in [-0.3, -0.25) is 4.79 Å². The first-order valence-electron chi connectivity index (χ1n) is 8.01. The van der Waals surface area contributed by atoms with Crippen LogP contribution in [0.4, 0.5) is 0 Å². The van der Waals surface area contributed by atoms with E-state index in [0.29, 0.717) is 5.69 Å². The molecule has 0 saturated heterocycles. The summed E-state index contributed by atoms with van der Waals surface area (Å²) in [6.45, 7) is 8.06. The van der Waals surface area contributed by atoms with Crippen molar-refractivity contribution in [3.8, 4) is 16.9 Å². The number of carbonyl (C=O) groups is 1. The normalized spacial score (nSPS) is 11.5. The van der Waals surface area contributed by atoms with Gasteiger partial charge < -0.3 is 0 Å². The largest absolute Gasteiger partial charge is 0.293 e. The molecule has 3 aromatic rings. The minimum atomic E-state index is -0.0913. The zero-order valence-electron chi connectivity index (χ0n) is 14.4. The molecule has 0 radical (unpaired) electrons. The average molecular weight is 319 g/mol. The Morgan fingerprint density at radius 2 is 1.58 bits per heavy atom. The lowest BCUT2D eigenvalue weighted by Gasteiger charge is -2.19. The second kappa shape index (κ2) is 6.04. The lowest BCUT2D eigenvalue weighted by molar-refractivity contribution is 0.101. The Hall–Kier alpha value is -2.75. The third-order valence-corrected chi connectivity index (χ3v) is 4.03. The summed E-state index contributed by atoms with van der Waals surface area (Å²) in [5.74, 6) is -0.0913. The predicted molar refractivity (Wildman–Crippen MR) is 95.5 cm³/mol. The molecule has 0 atom stereocenters. The molecule has 1 heterocycles. The molecule has 0 aliphatic heterocycles. The van der Waals surface area contributed by atoms with Crippen molar-refractivity contribution < 1.29 is 4.79 Å². The second-order valence-electron chi connectivity index (χ2n) is 6.92. The van der Waals surface area contributed by atoms with Gasteiger partial charge in [-0.2, -0.15) is 0 Å². The number of hydrogen-bond donors (Lipinski definition) is 0. The lowest BCUT2D eigenvalue weighted by Crippen LogP contribution is -2.11. The Bertz CT molecular complexity index is 856. The van der Waals surface area contributed by atoms with E-state index in [9.17, 15) is 4.79 Å². The van der Waals surface area contributed by atoms with Gasteiger partial charge in [-0.15, -0.1) is 5.10 Å². The Labute approximate surface area is 142 Å². The van der Waals surface area contributed by atoms with Gasteiger partial charge in [0.05, 0.1) is 5.69 Å². The highest BCUT2D eigenvalue weighted by molar-refractivity contribution is 5.98. The van der Waals surface area contributed by atoms with Crippen molar-refractivity contribution in [3.05, 3.63) is 65.9 Å². The molecule has 0 amide bonds. The molecule has 0 bridgehead atoms. The van der Waals surface area contributed by atoms with E-state index < -0.39 is 0 Å². The monoisotopic (exact) mass is 319 g/mol. The number of benzene rings is 2. The molecule has 4 nitrogen and oxygen atoms in total. The van der Waals surface area contributed by atoms with Gasteiger partial charge in [-0.1, -0.05) is 68.4 Å². The lowest BCUT2D eigenvalue weighted by atomic mass is 9.87. The highest BCUT2D eigenvalue weighted by Gasteiger charge is 2.20. The van der Waals surface area contributed by atoms with E-state index in [1.54, 1.807) is 4.68 Å². The molecule has 0 spiro atoms. The molecule has 1 aromatic heterocycles. The molecule has 4 heteroatoms. The second-order valence-corrected chi connectivity index (χ2v) is 6.92. The van der Waals surface area contributed by atoms with Crippen LogP contribution in [0.3, 0.4) is 0 Å². The van der Waals surface area contributed by atoms with Crippen molar-refractivity contribution in [1.82, 2.24) is 15.0 Å². The zero-order chi connectivity index (χ0) is 17.3. The standard InChI is InChI=1S/C20H21N3O/c1-14(24)18-19(15-8-6-5-7-9-15)23(22-21-18)17-12-10-16(11-13-17)20(2,3)4/h5-13H,1-4H3. The van der Waals surface area contributed by atoms with E-state index in [0.717, 1.165) is 16.9 Å². The van der Waals surface area contributed by atoms with Crippen LogP contribution < -0.4 is 0 Å². The van der Waals surface area contributed by atoms with Crippen LogP contribution in [0.2, 0.25) is 0 Å². The molecule has 0 aliphatic rings. The molecule has 0 saturated carbocycles. The summed E-state index contributed by atoms with van der Waals surface area (Å²) in [5, 5.41) is 8.32. The number of carbonyl (C=O) groups excluding carboxylic acids is 1. The summed E-state index contributed by atoms with van der Waals surface area (Å²) in [4.78, 5) is 12.0. The maximum atomic E-state index is 12.0. The van der Waals surface area contributed by atoms with Crippen LogP contribution in [0.1, 0.15) is 43.7 Å². The highest BCUT2D eigenvalue weighted by atomic mass is 16.1. The van der Waals surface area contributed by atoms with Crippen molar-refractivity contribution in [2.24, 2.45) is 0 Å². The molecular weight excluding hydrogens is 298 g/mol. The van der Waals surface area contributed by atoms with Crippen LogP contribution in [0.15, 0.2) is 54.6 Å². The summed E-state index contributed by atoms with van der Waals surface area (Å²) >= 11 is 0. The number of aromatic nitrogens is 3. The van der Waals surface area contributed by atoms with Gasteiger partial charge in [0.15, 0.2) is 11.5 Å². The molecule has 0 unspecified atom stereocenters. The van der Waals surface area contributed by atoms with Gasteiger partial charge in [0, 0.05) is 12.5 Å². The summed E-state index contributed by atoms with van der Waals surface area (Å²) in [5.41, 5.74) is 4.27. The van der Waals surface area contributed by atoms with E-state index in [1.807, 2.05) is 42.5 Å². The van der Waals surface area contributed by atoms with Crippen molar-refractivity contribution in [2.45, 2.75) is 33.1 Å². The summed E-state index contributed by atoms with van der Waals surface area (Å²) < 4.78 is 1.73. The summed E-state index contributed by atoms with van der Waals surface area (Å²) in [6.07, 6.45) is 0. The van der Waals surface area contributed by atoms with Gasteiger partial charge in [-0.05, 0) is 23.1 Å². The Kier molecular flexibility index (Phi) is 4.06. The molecule has 0 aliphatic carbocycles. The van der Waals surface area contributed by atoms with Gasteiger partial charge >= 0.3 is 0 Å². The Morgan fingerprint density at radius 3 is 2.12 bits per heavy atom. The number of Topliss-reactive ketones (excluding diaryl/α,β-unsaturated/α-hetero) is 1. The van der Waals surface area contributed by atoms with E-state index in [2.05, 4.69) is 43.2 Å². The Morgan fingerprint density at radius 1 is 0.958 bits per heavy atom. The van der Waals surface area contributed by atoms with Crippen molar-refractivity contribution in [2.75, 3.05) is 0 Å². The minimum absolute atomic E-state index is 0.0910. The molecule has 24 heavy (non-hydrogen) atoms. The van der Waals surface area contributed by atoms with Gasteiger partial charge in [-0.25, -0.2) is 4.68 Å². The number of rotatable bonds is 3. The fourth-order valence-corrected chi connectivity index (χ4v) is 2.66. The summed E-state index contributed by atoms with van der Waals surface area (Å²) in [7, 11) is 0. The SMILES string of the molecule is CC(=O)c1nnn(-c2ccc(C(C)(C)C)cc2)c1-c1ccccc1. The minimum Gasteiger partial charge on any atom is -0.293 e. The van der Waals surface area contributed by atoms with Crippen molar-refractivity contribution in [1.29, 1.82) is 0 Å². The number of hydrogen-bond acceptors (Lipinski definition) is 3. The van der Waals surface area contributed by atoms with Crippen LogP contribution in [-0.2, 0) is 5.41 Å². The van der Waals surface area contributed by atoms with Crippen molar-refractivity contribution in [3.63, 3.8) is 0 Å². The predicted octanol–water partition coefficient (Wildman–Crippen LogP) is 4.43. The van der Waals surface area contributed by atoms with Crippen LogP contribution in [0, 0.1) is 0 Å². The molecule has 3 rings (SSSR count). The van der Waals surface area contributed by atoms with Crippen LogP contribution >= 0.6 is 0 Å². The molecule has 2 aromatic carbocycles. The van der Waals surface area contributed by atoms with Crippen LogP contribution in [0.25, 0.3) is 16.9 Å². The first-order chi connectivity index (χ1) is 11.4. The van der Waals surface area contributed by atoms with Crippen LogP contribution in [-0.4, -0.2) is 20.8 Å². The van der Waals surface area contributed by atoms with E-state index in [-0.39, 0.29) is 11.2 Å². The highest BCUT2D eigenvalue weighted by Crippen LogP contribution is 2.27. The molecule has 0 N–H and O–H groups in total. The topological polar surface area (TPSA) is 47.8 Å². The first-order valence-corrected chi connectivity index (χ1v) is 8.01. The fourth-order valence-electron chi connectivity index (χ4n) is 2.66. The maximum absolute atomic E-state index is 12.0. The third-order valence-electron chi connectivity index (χ3n) is 4.03. The maximum Gasteiger partial charge on any atom is 0.182 e. The molecule has 0 fully saturated rings. The molecular formula is C20H21N3O. The summed E-state index contributed by atoms with van der Waals surface area (Å²) in [6, 6.07) is 18.0. The fraction of sp³-hybridized carbons (Fsp3) is 0.250. The van der Waals surface area contributed by atoms with E-state index in [1.165, 1.54) is 12.5 Å². The van der Waals surface area contributed by atoms with E-state index >= 15 is 0 Å². The van der Waals surface area contributed by atoms with Gasteiger partial charge in [0.2, 0.25) is 0 Å². The number of ketones is 1. The van der Waals surface area contributed by atoms with Crippen molar-refractivity contribution >= 4 is 5.78 Å². The van der Waals surface area contributed by atoms with Gasteiger partial charge in [0.25, 0.3) is 0 Å². The third kappa shape index (κ3) is 3.00. The zero-order valence-corrected chi connectivity index (χ0v) is 14.4. The quantitative estimate of drug-likeness (QED) is 0.671. The average Bonchev–Trinajstić information content (AvgIpc) is 3.00. The van der Waals surface area contributed by atoms with Crippen LogP contribution in [0.5, 0.6) is 0 Å². The Balaban J connectivity index is 2.14. The first kappa shape index (κ1) is 16.1. The van der Waals surface area contributed by atoms with Gasteiger partial charge in [0.1, 0.15) is 5.69 Å². The number of nitrogens with zero attached hydrogens (tertiary/aromatic N) is 3. The smallest absolute Gasteiger partial charge is 0.182 e.